The number of anilines is 1. The Morgan fingerprint density at radius 2 is 1.95 bits per heavy atom. The zero-order chi connectivity index (χ0) is 28.8. The second-order valence-corrected chi connectivity index (χ2v) is 13.9. The van der Waals surface area contributed by atoms with Crippen LogP contribution in [0.3, 0.4) is 0 Å². The van der Waals surface area contributed by atoms with Crippen LogP contribution in [-0.2, 0) is 21.4 Å². The van der Waals surface area contributed by atoms with Crippen LogP contribution in [0.1, 0.15) is 79.5 Å². The quantitative estimate of drug-likeness (QED) is 0.289. The van der Waals surface area contributed by atoms with Gasteiger partial charge in [-0.15, -0.1) is 0 Å². The molecule has 2 saturated carbocycles. The van der Waals surface area contributed by atoms with Crippen LogP contribution >= 0.6 is 23.2 Å². The fourth-order valence-electron chi connectivity index (χ4n) is 6.05. The van der Waals surface area contributed by atoms with Crippen molar-refractivity contribution in [1.29, 1.82) is 0 Å². The normalized spacial score (nSPS) is 22.2. The van der Waals surface area contributed by atoms with Crippen LogP contribution in [0.2, 0.25) is 10.0 Å². The Morgan fingerprint density at radius 3 is 2.63 bits per heavy atom. The topological polar surface area (TPSA) is 115 Å². The monoisotopic (exact) mass is 618 g/mol. The van der Waals surface area contributed by atoms with Gasteiger partial charge in [-0.3, -0.25) is 4.79 Å². The first-order valence-corrected chi connectivity index (χ1v) is 16.4. The number of carbonyl (C=O) groups excluding carboxylic acids is 1. The lowest BCUT2D eigenvalue weighted by Gasteiger charge is -2.40. The highest BCUT2D eigenvalue weighted by Crippen LogP contribution is 2.48. The smallest absolute Gasteiger partial charge is 0.266 e. The minimum atomic E-state index is -3.65. The number of ether oxygens (including phenoxy) is 1. The zero-order valence-corrected chi connectivity index (χ0v) is 25.1. The summed E-state index contributed by atoms with van der Waals surface area (Å²) in [7, 11) is -3.65. The van der Waals surface area contributed by atoms with Crippen LogP contribution in [-0.4, -0.2) is 48.4 Å². The minimum absolute atomic E-state index is 0.0996. The van der Waals surface area contributed by atoms with Gasteiger partial charge in [0.05, 0.1) is 33.6 Å². The average molecular weight is 620 g/mol. The molecule has 0 spiro atoms. The van der Waals surface area contributed by atoms with Crippen LogP contribution in [0.25, 0.3) is 11.3 Å². The molecule has 1 aromatic carbocycles. The van der Waals surface area contributed by atoms with E-state index in [1.165, 1.54) is 6.20 Å². The van der Waals surface area contributed by atoms with Crippen LogP contribution in [0.4, 0.5) is 5.82 Å². The van der Waals surface area contributed by atoms with Crippen molar-refractivity contribution in [2.75, 3.05) is 17.2 Å². The first-order chi connectivity index (χ1) is 19.7. The van der Waals surface area contributed by atoms with Crippen LogP contribution in [0.15, 0.2) is 41.1 Å². The molecule has 1 amide bonds. The van der Waals surface area contributed by atoms with E-state index >= 15 is 0 Å². The Bertz CT molecular complexity index is 1540. The predicted molar refractivity (Wildman–Crippen MR) is 157 cm³/mol. The summed E-state index contributed by atoms with van der Waals surface area (Å²) in [6, 6.07) is 9.08. The number of rotatable bonds is 10. The molecular formula is C29H32Cl2N4O5S. The summed E-state index contributed by atoms with van der Waals surface area (Å²) < 4.78 is 38.6. The number of nitrogens with zero attached hydrogens (tertiary/aromatic N) is 3. The summed E-state index contributed by atoms with van der Waals surface area (Å²) in [5, 5.41) is 5.45. The molecule has 218 valence electrons. The summed E-state index contributed by atoms with van der Waals surface area (Å²) >= 11 is 13.1. The number of carbonyl (C=O) groups is 1. The largest absolute Gasteiger partial charge is 0.370 e. The number of benzene rings is 1. The van der Waals surface area contributed by atoms with Gasteiger partial charge < -0.3 is 14.2 Å². The molecular weight excluding hydrogens is 587 g/mol. The molecule has 2 bridgehead atoms. The van der Waals surface area contributed by atoms with E-state index in [9.17, 15) is 13.2 Å². The SMILES string of the molecule is CCCS(=O)(=O)NC(=O)c1ccc(N2CCC3(OCc4c(-c5c(Cl)cccc5Cl)noc4C4CC4)CC[C@H]2C3)nc1. The van der Waals surface area contributed by atoms with Gasteiger partial charge in [0, 0.05) is 35.8 Å². The fourth-order valence-corrected chi connectivity index (χ4v) is 7.67. The maximum Gasteiger partial charge on any atom is 0.266 e. The third-order valence-corrected chi connectivity index (χ3v) is 10.4. The molecule has 0 radical (unpaired) electrons. The number of piperidine rings is 1. The Kier molecular flexibility index (Phi) is 7.78. The third kappa shape index (κ3) is 5.84. The molecule has 3 heterocycles. The van der Waals surface area contributed by atoms with Crippen LogP contribution in [0.5, 0.6) is 0 Å². The summed E-state index contributed by atoms with van der Waals surface area (Å²) in [6.07, 6.45) is 7.58. The van der Waals surface area contributed by atoms with Crippen molar-refractivity contribution in [1.82, 2.24) is 14.9 Å². The molecule has 1 N–H and O–H groups in total. The molecule has 1 saturated heterocycles. The Morgan fingerprint density at radius 1 is 1.17 bits per heavy atom. The van der Waals surface area contributed by atoms with E-state index in [4.69, 9.17) is 32.5 Å². The van der Waals surface area contributed by atoms with Gasteiger partial charge in [-0.25, -0.2) is 18.1 Å². The maximum absolute atomic E-state index is 12.4. The van der Waals surface area contributed by atoms with Crippen molar-refractivity contribution >= 4 is 45.0 Å². The van der Waals surface area contributed by atoms with Crippen LogP contribution in [0, 0.1) is 0 Å². The van der Waals surface area contributed by atoms with Gasteiger partial charge in [-0.05, 0) is 69.2 Å². The molecule has 12 heteroatoms. The summed E-state index contributed by atoms with van der Waals surface area (Å²) in [5.41, 5.74) is 2.21. The van der Waals surface area contributed by atoms with Gasteiger partial charge in [0.1, 0.15) is 17.3 Å². The lowest BCUT2D eigenvalue weighted by Crippen LogP contribution is -2.46. The van der Waals surface area contributed by atoms with E-state index < -0.39 is 15.9 Å². The number of nitrogens with one attached hydrogen (secondary N) is 1. The first-order valence-electron chi connectivity index (χ1n) is 14.0. The molecule has 2 atom stereocenters. The van der Waals surface area contributed by atoms with Crippen molar-refractivity contribution in [2.45, 2.75) is 76.0 Å². The van der Waals surface area contributed by atoms with Crippen LogP contribution < -0.4 is 9.62 Å². The minimum Gasteiger partial charge on any atom is -0.370 e. The molecule has 2 aromatic heterocycles. The molecule has 1 unspecified atom stereocenters. The van der Waals surface area contributed by atoms with E-state index in [1.807, 2.05) is 6.07 Å². The molecule has 2 aliphatic carbocycles. The number of sulfonamides is 1. The first kappa shape index (κ1) is 28.5. The van der Waals surface area contributed by atoms with Gasteiger partial charge in [0.2, 0.25) is 10.0 Å². The lowest BCUT2D eigenvalue weighted by molar-refractivity contribution is -0.0624. The molecule has 41 heavy (non-hydrogen) atoms. The lowest BCUT2D eigenvalue weighted by atomic mass is 9.93. The van der Waals surface area contributed by atoms with E-state index in [0.29, 0.717) is 40.2 Å². The Hall–Kier alpha value is -2.66. The number of pyridine rings is 1. The third-order valence-electron chi connectivity index (χ3n) is 8.30. The second-order valence-electron chi connectivity index (χ2n) is 11.2. The highest BCUT2D eigenvalue weighted by molar-refractivity contribution is 7.90. The van der Waals surface area contributed by atoms with E-state index in [1.54, 1.807) is 31.2 Å². The Balaban J connectivity index is 1.14. The second kappa shape index (κ2) is 11.2. The summed E-state index contributed by atoms with van der Waals surface area (Å²) in [4.78, 5) is 19.2. The summed E-state index contributed by atoms with van der Waals surface area (Å²) in [6.45, 7) is 2.88. The fraction of sp³-hybridized carbons (Fsp3) is 0.483. The Labute approximate surface area is 249 Å². The zero-order valence-electron chi connectivity index (χ0n) is 22.7. The van der Waals surface area contributed by atoms with Crippen molar-refractivity contribution < 1.29 is 22.5 Å². The van der Waals surface area contributed by atoms with Crippen molar-refractivity contribution in [2.24, 2.45) is 0 Å². The highest BCUT2D eigenvalue weighted by atomic mass is 35.5. The van der Waals surface area contributed by atoms with Gasteiger partial charge in [-0.1, -0.05) is 41.3 Å². The molecule has 3 fully saturated rings. The van der Waals surface area contributed by atoms with E-state index in [-0.39, 0.29) is 23.0 Å². The van der Waals surface area contributed by atoms with Gasteiger partial charge in [-0.2, -0.15) is 0 Å². The molecule has 6 rings (SSSR count). The number of hydrogen-bond donors (Lipinski definition) is 1. The number of amides is 1. The number of aromatic nitrogens is 2. The molecule has 3 aromatic rings. The maximum atomic E-state index is 12.4. The number of fused-ring (bicyclic) bond motifs is 2. The molecule has 3 aliphatic rings. The van der Waals surface area contributed by atoms with E-state index in [0.717, 1.165) is 62.2 Å². The molecule has 1 aliphatic heterocycles. The average Bonchev–Trinajstić information content (AvgIpc) is 3.62. The summed E-state index contributed by atoms with van der Waals surface area (Å²) in [5.74, 6) is 1.23. The van der Waals surface area contributed by atoms with Crippen molar-refractivity contribution in [3.8, 4) is 11.3 Å². The van der Waals surface area contributed by atoms with Gasteiger partial charge in [0.25, 0.3) is 5.91 Å². The molecule has 9 nitrogen and oxygen atoms in total. The van der Waals surface area contributed by atoms with E-state index in [2.05, 4.69) is 19.8 Å². The standard InChI is InChI=1S/C29H32Cl2N4O5S/c1-2-14-41(37,38)34-28(36)19-8-9-24(32-16-19)35-13-12-29(11-10-20(35)15-29)39-17-21-26(33-40-27(21)18-6-7-18)25-22(30)4-3-5-23(25)31/h3-5,8-9,16,18,20H,2,6-7,10-15,17H2,1H3,(H,34,36)/t20-,29?/m0/s1. The predicted octanol–water partition coefficient (Wildman–Crippen LogP) is 6.11. The van der Waals surface area contributed by atoms with Gasteiger partial charge >= 0.3 is 0 Å². The van der Waals surface area contributed by atoms with Crippen molar-refractivity contribution in [3.63, 3.8) is 0 Å². The van der Waals surface area contributed by atoms with Crippen molar-refractivity contribution in [3.05, 3.63) is 63.5 Å². The highest BCUT2D eigenvalue weighted by Gasteiger charge is 2.47. The number of hydrogen-bond acceptors (Lipinski definition) is 8. The number of halogens is 2. The van der Waals surface area contributed by atoms with Gasteiger partial charge in [0.15, 0.2) is 0 Å².